The summed E-state index contributed by atoms with van der Waals surface area (Å²) in [4.78, 5) is 11.2. The maximum atomic E-state index is 11.2. The second-order valence-corrected chi connectivity index (χ2v) is 5.58. The van der Waals surface area contributed by atoms with Gasteiger partial charge in [0.1, 0.15) is 5.75 Å². The first kappa shape index (κ1) is 17.9. The average Bonchev–Trinajstić information content (AvgIpc) is 2.42. The predicted molar refractivity (Wildman–Crippen MR) is 84.1 cm³/mol. The molecule has 0 aliphatic heterocycles. The smallest absolute Gasteiger partial charge is 0.335 e. The van der Waals surface area contributed by atoms with Crippen LogP contribution in [0.2, 0.25) is 0 Å². The van der Waals surface area contributed by atoms with E-state index in [0.29, 0.717) is 22.3 Å². The molecular weight excluding hydrogens is 284 g/mol. The van der Waals surface area contributed by atoms with E-state index >= 15 is 0 Å². The summed E-state index contributed by atoms with van der Waals surface area (Å²) in [5.74, 6) is -1.26. The molecular formula is C17H22O5. The number of aliphatic hydroxyl groups is 2. The molecule has 0 amide bonds. The molecule has 5 heteroatoms. The quantitative estimate of drug-likeness (QED) is 0.578. The Hall–Kier alpha value is -2.11. The van der Waals surface area contributed by atoms with Crippen molar-refractivity contribution in [1.82, 2.24) is 0 Å². The van der Waals surface area contributed by atoms with E-state index < -0.39 is 18.2 Å². The highest BCUT2D eigenvalue weighted by Gasteiger charge is 2.19. The number of hydrogen-bond acceptors (Lipinski definition) is 4. The van der Waals surface area contributed by atoms with Crippen molar-refractivity contribution in [1.29, 1.82) is 0 Å². The number of benzene rings is 1. The van der Waals surface area contributed by atoms with Gasteiger partial charge in [-0.3, -0.25) is 0 Å². The third-order valence-electron chi connectivity index (χ3n) is 3.48. The monoisotopic (exact) mass is 306 g/mol. The molecule has 5 nitrogen and oxygen atoms in total. The van der Waals surface area contributed by atoms with Crippen molar-refractivity contribution in [2.24, 2.45) is 0 Å². The third kappa shape index (κ3) is 4.44. The number of phenols is 1. The minimum Gasteiger partial charge on any atom is -0.507 e. The van der Waals surface area contributed by atoms with Crippen LogP contribution in [0.3, 0.4) is 0 Å². The van der Waals surface area contributed by atoms with Crippen LogP contribution in [-0.4, -0.2) is 38.6 Å². The zero-order valence-corrected chi connectivity index (χ0v) is 12.8. The van der Waals surface area contributed by atoms with Crippen molar-refractivity contribution in [3.8, 4) is 5.75 Å². The Morgan fingerprint density at radius 3 is 1.68 bits per heavy atom. The van der Waals surface area contributed by atoms with Crippen molar-refractivity contribution in [3.63, 3.8) is 0 Å². The molecule has 0 unspecified atom stereocenters. The molecule has 22 heavy (non-hydrogen) atoms. The number of carboxylic acid groups (broad SMARTS) is 1. The van der Waals surface area contributed by atoms with E-state index in [1.807, 2.05) is 0 Å². The lowest BCUT2D eigenvalue weighted by atomic mass is 9.94. The lowest BCUT2D eigenvalue weighted by molar-refractivity contribution is 0.0696. The lowest BCUT2D eigenvalue weighted by Crippen LogP contribution is -2.15. The molecule has 2 atom stereocenters. The zero-order valence-electron chi connectivity index (χ0n) is 12.8. The summed E-state index contributed by atoms with van der Waals surface area (Å²) in [6.45, 7) is 10.6. The van der Waals surface area contributed by atoms with Crippen molar-refractivity contribution >= 4 is 5.97 Å². The summed E-state index contributed by atoms with van der Waals surface area (Å²) >= 11 is 0. The molecule has 0 spiro atoms. The van der Waals surface area contributed by atoms with Crippen LogP contribution in [0.5, 0.6) is 5.75 Å². The van der Waals surface area contributed by atoms with Gasteiger partial charge in [-0.2, -0.15) is 0 Å². The highest BCUT2D eigenvalue weighted by Crippen LogP contribution is 2.28. The Kier molecular flexibility index (Phi) is 5.91. The summed E-state index contributed by atoms with van der Waals surface area (Å²) in [6.07, 6.45) is -1.65. The van der Waals surface area contributed by atoms with Gasteiger partial charge >= 0.3 is 5.97 Å². The molecule has 0 heterocycles. The average molecular weight is 306 g/mol. The molecule has 120 valence electrons. The Labute approximate surface area is 129 Å². The topological polar surface area (TPSA) is 98.0 Å². The van der Waals surface area contributed by atoms with Gasteiger partial charge in [0.2, 0.25) is 0 Å². The summed E-state index contributed by atoms with van der Waals surface area (Å²) in [7, 11) is 0. The summed E-state index contributed by atoms with van der Waals surface area (Å²) < 4.78 is 0. The zero-order chi connectivity index (χ0) is 17.0. The van der Waals surface area contributed by atoms with E-state index in [9.17, 15) is 20.1 Å². The maximum Gasteiger partial charge on any atom is 0.335 e. The molecule has 1 rings (SSSR count). The Morgan fingerprint density at radius 1 is 1.05 bits per heavy atom. The van der Waals surface area contributed by atoms with Gasteiger partial charge in [0, 0.05) is 12.8 Å². The highest BCUT2D eigenvalue weighted by atomic mass is 16.4. The number of hydrogen-bond donors (Lipinski definition) is 4. The van der Waals surface area contributed by atoms with E-state index in [0.717, 1.165) is 0 Å². The summed E-state index contributed by atoms with van der Waals surface area (Å²) in [5, 5.41) is 39.2. The first-order valence-electron chi connectivity index (χ1n) is 6.88. The van der Waals surface area contributed by atoms with Crippen LogP contribution < -0.4 is 0 Å². The fourth-order valence-corrected chi connectivity index (χ4v) is 1.96. The van der Waals surface area contributed by atoms with Crippen molar-refractivity contribution in [3.05, 3.63) is 53.1 Å². The molecule has 0 saturated heterocycles. The Balaban J connectivity index is 3.26. The molecule has 1 aromatic rings. The highest BCUT2D eigenvalue weighted by molar-refractivity contribution is 5.88. The van der Waals surface area contributed by atoms with Crippen LogP contribution in [0.1, 0.15) is 35.3 Å². The second-order valence-electron chi connectivity index (χ2n) is 5.58. The molecule has 0 aliphatic rings. The maximum absolute atomic E-state index is 11.2. The number of aromatic hydroxyl groups is 1. The number of phenolic OH excluding ortho intramolecular Hbond substituents is 1. The predicted octanol–water partition coefficient (Wildman–Crippen LogP) is 2.05. The number of carbonyl (C=O) groups is 1. The van der Waals surface area contributed by atoms with E-state index in [4.69, 9.17) is 5.11 Å². The van der Waals surface area contributed by atoms with Crippen molar-refractivity contribution in [2.45, 2.75) is 38.9 Å². The molecule has 0 aromatic heterocycles. The third-order valence-corrected chi connectivity index (χ3v) is 3.48. The van der Waals surface area contributed by atoms with Gasteiger partial charge in [-0.1, -0.05) is 24.3 Å². The van der Waals surface area contributed by atoms with E-state index in [1.165, 1.54) is 12.1 Å². The molecule has 0 saturated carbocycles. The molecule has 0 radical (unpaired) electrons. The van der Waals surface area contributed by atoms with Gasteiger partial charge < -0.3 is 20.4 Å². The number of rotatable bonds is 7. The van der Waals surface area contributed by atoms with Crippen LogP contribution >= 0.6 is 0 Å². The normalized spacial score (nSPS) is 13.5. The number of carboxylic acids is 1. The van der Waals surface area contributed by atoms with Crippen LogP contribution in [-0.2, 0) is 12.8 Å². The first-order valence-corrected chi connectivity index (χ1v) is 6.88. The minimum absolute atomic E-state index is 0.00868. The van der Waals surface area contributed by atoms with E-state index in [-0.39, 0.29) is 24.2 Å². The van der Waals surface area contributed by atoms with Crippen LogP contribution in [0.4, 0.5) is 0 Å². The lowest BCUT2D eigenvalue weighted by Gasteiger charge is -2.17. The van der Waals surface area contributed by atoms with Gasteiger partial charge in [0.25, 0.3) is 0 Å². The van der Waals surface area contributed by atoms with Gasteiger partial charge in [0.15, 0.2) is 0 Å². The molecule has 4 N–H and O–H groups in total. The van der Waals surface area contributed by atoms with Crippen LogP contribution in [0, 0.1) is 0 Å². The Bertz CT molecular complexity index is 560. The molecule has 0 bridgehead atoms. The largest absolute Gasteiger partial charge is 0.507 e. The van der Waals surface area contributed by atoms with E-state index in [1.54, 1.807) is 13.8 Å². The van der Waals surface area contributed by atoms with Gasteiger partial charge in [0.05, 0.1) is 17.8 Å². The Morgan fingerprint density at radius 2 is 1.41 bits per heavy atom. The van der Waals surface area contributed by atoms with Gasteiger partial charge in [-0.25, -0.2) is 4.79 Å². The fourth-order valence-electron chi connectivity index (χ4n) is 1.96. The van der Waals surface area contributed by atoms with Crippen LogP contribution in [0.15, 0.2) is 36.4 Å². The van der Waals surface area contributed by atoms with Gasteiger partial charge in [-0.05, 0) is 37.1 Å². The summed E-state index contributed by atoms with van der Waals surface area (Å²) in [5.41, 5.74) is 1.64. The van der Waals surface area contributed by atoms with Crippen LogP contribution in [0.25, 0.3) is 0 Å². The molecule has 0 aliphatic carbocycles. The standard InChI is InChI=1S/C17H22O5/c1-9(2)14(18)7-11-5-13(17(21)22)6-12(16(11)20)8-15(19)10(3)4/h5-6,14-15,18-20H,1,3,7-8H2,2,4H3,(H,21,22)/t14-,15-/m1/s1. The first-order chi connectivity index (χ1) is 10.1. The molecule has 0 fully saturated rings. The number of aliphatic hydroxyl groups excluding tert-OH is 2. The minimum atomic E-state index is -1.14. The molecule has 1 aromatic carbocycles. The second kappa shape index (κ2) is 7.24. The fraction of sp³-hybridized carbons (Fsp3) is 0.353. The van der Waals surface area contributed by atoms with Crippen molar-refractivity contribution < 1.29 is 25.2 Å². The SMILES string of the molecule is C=C(C)[C@H](O)Cc1cc(C(=O)O)cc(C[C@@H](O)C(=C)C)c1O. The van der Waals surface area contributed by atoms with Gasteiger partial charge in [-0.15, -0.1) is 0 Å². The van der Waals surface area contributed by atoms with E-state index in [2.05, 4.69) is 13.2 Å². The van der Waals surface area contributed by atoms with Crippen molar-refractivity contribution in [2.75, 3.05) is 0 Å². The summed E-state index contributed by atoms with van der Waals surface area (Å²) in [6, 6.07) is 2.64. The number of aromatic carboxylic acids is 1.